The third kappa shape index (κ3) is 2.02. The standard InChI is InChI=1S/C10H13NO.ClH/c1-11-6-10-9-5-3-2-4-8(9)7-12-10;/h2-5,10-11H,6-7H2,1H3;1H. The first-order valence-corrected chi connectivity index (χ1v) is 4.26. The number of halogens is 1. The van der Waals surface area contributed by atoms with E-state index in [1.165, 1.54) is 11.1 Å². The molecule has 2 nitrogen and oxygen atoms in total. The molecule has 1 unspecified atom stereocenters. The Labute approximate surface area is 84.7 Å². The summed E-state index contributed by atoms with van der Waals surface area (Å²) in [6.45, 7) is 1.67. The summed E-state index contributed by atoms with van der Waals surface area (Å²) in [5, 5.41) is 3.13. The van der Waals surface area contributed by atoms with Gasteiger partial charge in [0.2, 0.25) is 0 Å². The van der Waals surface area contributed by atoms with Crippen LogP contribution in [0.25, 0.3) is 0 Å². The normalized spacial score (nSPS) is 19.3. The summed E-state index contributed by atoms with van der Waals surface area (Å²) in [6.07, 6.45) is 0.256. The predicted octanol–water partition coefficient (Wildman–Crippen LogP) is 1.90. The lowest BCUT2D eigenvalue weighted by atomic mass is 10.1. The predicted molar refractivity (Wildman–Crippen MR) is 55.1 cm³/mol. The van der Waals surface area contributed by atoms with Crippen LogP contribution < -0.4 is 5.32 Å². The smallest absolute Gasteiger partial charge is 0.0957 e. The zero-order chi connectivity index (χ0) is 8.39. The van der Waals surface area contributed by atoms with Crippen molar-refractivity contribution in [3.63, 3.8) is 0 Å². The first kappa shape index (κ1) is 10.5. The number of rotatable bonds is 2. The van der Waals surface area contributed by atoms with Crippen LogP contribution in [0.5, 0.6) is 0 Å². The van der Waals surface area contributed by atoms with E-state index in [-0.39, 0.29) is 18.5 Å². The number of benzene rings is 1. The van der Waals surface area contributed by atoms with Crippen LogP contribution in [0.1, 0.15) is 17.2 Å². The zero-order valence-corrected chi connectivity index (χ0v) is 8.43. The van der Waals surface area contributed by atoms with Crippen LogP contribution in [0.15, 0.2) is 24.3 Å². The molecule has 0 spiro atoms. The van der Waals surface area contributed by atoms with Crippen molar-refractivity contribution >= 4 is 12.4 Å². The van der Waals surface area contributed by atoms with E-state index in [4.69, 9.17) is 4.74 Å². The first-order valence-electron chi connectivity index (χ1n) is 4.26. The van der Waals surface area contributed by atoms with Gasteiger partial charge in [-0.1, -0.05) is 24.3 Å². The molecule has 1 aromatic carbocycles. The second kappa shape index (κ2) is 4.61. The van der Waals surface area contributed by atoms with E-state index in [1.54, 1.807) is 0 Å². The molecule has 0 fully saturated rings. The average Bonchev–Trinajstić information content (AvgIpc) is 2.50. The van der Waals surface area contributed by atoms with Gasteiger partial charge in [0.25, 0.3) is 0 Å². The summed E-state index contributed by atoms with van der Waals surface area (Å²) in [7, 11) is 1.95. The van der Waals surface area contributed by atoms with Gasteiger partial charge in [0.05, 0.1) is 12.7 Å². The Morgan fingerprint density at radius 3 is 3.00 bits per heavy atom. The van der Waals surface area contributed by atoms with Gasteiger partial charge in [-0.05, 0) is 18.2 Å². The molecule has 0 amide bonds. The highest BCUT2D eigenvalue weighted by Gasteiger charge is 2.21. The van der Waals surface area contributed by atoms with Crippen molar-refractivity contribution in [2.45, 2.75) is 12.7 Å². The Hall–Kier alpha value is -0.570. The number of nitrogens with one attached hydrogen (secondary N) is 1. The van der Waals surface area contributed by atoms with Gasteiger partial charge in [-0.2, -0.15) is 0 Å². The summed E-state index contributed by atoms with van der Waals surface area (Å²) >= 11 is 0. The maximum atomic E-state index is 5.60. The van der Waals surface area contributed by atoms with Gasteiger partial charge >= 0.3 is 0 Å². The van der Waals surface area contributed by atoms with Crippen molar-refractivity contribution in [2.24, 2.45) is 0 Å². The lowest BCUT2D eigenvalue weighted by Gasteiger charge is -2.09. The fraction of sp³-hybridized carbons (Fsp3) is 0.400. The molecule has 1 aromatic rings. The fourth-order valence-electron chi connectivity index (χ4n) is 1.61. The monoisotopic (exact) mass is 199 g/mol. The van der Waals surface area contributed by atoms with Crippen LogP contribution in [0.4, 0.5) is 0 Å². The summed E-state index contributed by atoms with van der Waals surface area (Å²) in [5.74, 6) is 0. The average molecular weight is 200 g/mol. The van der Waals surface area contributed by atoms with Gasteiger partial charge in [-0.25, -0.2) is 0 Å². The van der Waals surface area contributed by atoms with Crippen LogP contribution in [0.3, 0.4) is 0 Å². The molecular formula is C10H14ClNO. The molecule has 1 atom stereocenters. The van der Waals surface area contributed by atoms with Crippen LogP contribution in [-0.2, 0) is 11.3 Å². The zero-order valence-electron chi connectivity index (χ0n) is 7.62. The van der Waals surface area contributed by atoms with E-state index in [2.05, 4.69) is 29.6 Å². The van der Waals surface area contributed by atoms with Crippen molar-refractivity contribution in [3.05, 3.63) is 35.4 Å². The van der Waals surface area contributed by atoms with Crippen molar-refractivity contribution in [3.8, 4) is 0 Å². The third-order valence-corrected chi connectivity index (χ3v) is 2.23. The molecule has 0 bridgehead atoms. The van der Waals surface area contributed by atoms with Crippen LogP contribution in [-0.4, -0.2) is 13.6 Å². The minimum Gasteiger partial charge on any atom is -0.367 e. The molecule has 1 N–H and O–H groups in total. The lowest BCUT2D eigenvalue weighted by molar-refractivity contribution is 0.0674. The van der Waals surface area contributed by atoms with E-state index in [0.717, 1.165) is 13.2 Å². The van der Waals surface area contributed by atoms with E-state index in [1.807, 2.05) is 7.05 Å². The molecule has 0 radical (unpaired) electrons. The molecule has 3 heteroatoms. The topological polar surface area (TPSA) is 21.3 Å². The molecule has 72 valence electrons. The Morgan fingerprint density at radius 1 is 1.46 bits per heavy atom. The second-order valence-corrected chi connectivity index (χ2v) is 3.06. The summed E-state index contributed by atoms with van der Waals surface area (Å²) in [5.41, 5.74) is 2.67. The van der Waals surface area contributed by atoms with Crippen LogP contribution >= 0.6 is 12.4 Å². The molecule has 13 heavy (non-hydrogen) atoms. The lowest BCUT2D eigenvalue weighted by Crippen LogP contribution is -2.16. The molecule has 0 saturated heterocycles. The van der Waals surface area contributed by atoms with Gasteiger partial charge < -0.3 is 10.1 Å². The SMILES string of the molecule is CNCC1OCc2ccccc21.Cl. The Morgan fingerprint density at radius 2 is 2.23 bits per heavy atom. The van der Waals surface area contributed by atoms with Crippen molar-refractivity contribution in [1.82, 2.24) is 5.32 Å². The number of hydrogen-bond donors (Lipinski definition) is 1. The highest BCUT2D eigenvalue weighted by atomic mass is 35.5. The van der Waals surface area contributed by atoms with Gasteiger partial charge in [-0.3, -0.25) is 0 Å². The summed E-state index contributed by atoms with van der Waals surface area (Å²) in [4.78, 5) is 0. The van der Waals surface area contributed by atoms with E-state index >= 15 is 0 Å². The van der Waals surface area contributed by atoms with Crippen molar-refractivity contribution in [1.29, 1.82) is 0 Å². The minimum atomic E-state index is 0. The molecular weight excluding hydrogens is 186 g/mol. The van der Waals surface area contributed by atoms with Crippen molar-refractivity contribution < 1.29 is 4.74 Å². The number of fused-ring (bicyclic) bond motifs is 1. The highest BCUT2D eigenvalue weighted by Crippen LogP contribution is 2.29. The van der Waals surface area contributed by atoms with Gasteiger partial charge in [0.15, 0.2) is 0 Å². The van der Waals surface area contributed by atoms with Gasteiger partial charge in [-0.15, -0.1) is 12.4 Å². The fourth-order valence-corrected chi connectivity index (χ4v) is 1.61. The Balaban J connectivity index is 0.000000845. The molecule has 0 aromatic heterocycles. The molecule has 2 rings (SSSR count). The Kier molecular flexibility index (Phi) is 3.72. The highest BCUT2D eigenvalue weighted by molar-refractivity contribution is 5.85. The van der Waals surface area contributed by atoms with Crippen LogP contribution in [0, 0.1) is 0 Å². The molecule has 0 saturated carbocycles. The number of hydrogen-bond acceptors (Lipinski definition) is 2. The van der Waals surface area contributed by atoms with E-state index < -0.39 is 0 Å². The summed E-state index contributed by atoms with van der Waals surface area (Å²) < 4.78 is 5.60. The molecule has 0 aliphatic carbocycles. The molecule has 1 aliphatic rings. The minimum absolute atomic E-state index is 0. The van der Waals surface area contributed by atoms with Gasteiger partial charge in [0, 0.05) is 6.54 Å². The quantitative estimate of drug-likeness (QED) is 0.786. The van der Waals surface area contributed by atoms with Crippen molar-refractivity contribution in [2.75, 3.05) is 13.6 Å². The van der Waals surface area contributed by atoms with Gasteiger partial charge in [0.1, 0.15) is 0 Å². The second-order valence-electron chi connectivity index (χ2n) is 3.06. The Bertz CT molecular complexity index is 275. The maximum Gasteiger partial charge on any atom is 0.0957 e. The first-order chi connectivity index (χ1) is 5.92. The number of likely N-dealkylation sites (N-methyl/N-ethyl adjacent to an activating group) is 1. The number of ether oxygens (including phenoxy) is 1. The summed E-state index contributed by atoms with van der Waals surface area (Å²) in [6, 6.07) is 8.40. The third-order valence-electron chi connectivity index (χ3n) is 2.23. The maximum absolute atomic E-state index is 5.60. The molecule has 1 aliphatic heterocycles. The largest absolute Gasteiger partial charge is 0.367 e. The van der Waals surface area contributed by atoms with E-state index in [9.17, 15) is 0 Å². The molecule has 1 heterocycles. The van der Waals surface area contributed by atoms with E-state index in [0.29, 0.717) is 0 Å². The van der Waals surface area contributed by atoms with Crippen LogP contribution in [0.2, 0.25) is 0 Å².